The van der Waals surface area contributed by atoms with Gasteiger partial charge in [-0.2, -0.15) is 0 Å². The molecule has 3 rings (SSSR count). The van der Waals surface area contributed by atoms with Crippen LogP contribution in [0.15, 0.2) is 29.1 Å². The maximum absolute atomic E-state index is 13.0. The molecule has 1 aromatic carbocycles. The van der Waals surface area contributed by atoms with E-state index in [2.05, 4.69) is 15.6 Å². The molecule has 2 heterocycles. The second kappa shape index (κ2) is 11.6. The number of nitrogens with zero attached hydrogens (tertiary/aromatic N) is 3. The third-order valence-corrected chi connectivity index (χ3v) is 6.14. The molecule has 1 aliphatic rings. The van der Waals surface area contributed by atoms with Crippen molar-refractivity contribution in [1.82, 2.24) is 25.1 Å². The van der Waals surface area contributed by atoms with Crippen LogP contribution in [0.5, 0.6) is 5.75 Å². The van der Waals surface area contributed by atoms with Crippen LogP contribution in [0.25, 0.3) is 0 Å². The highest BCUT2D eigenvalue weighted by atomic mass is 19.1. The molecule has 11 heteroatoms. The third kappa shape index (κ3) is 6.23. The molecule has 3 amide bonds. The van der Waals surface area contributed by atoms with E-state index in [0.717, 1.165) is 0 Å². The van der Waals surface area contributed by atoms with Crippen LogP contribution in [0, 0.1) is 11.7 Å². The molecule has 1 aliphatic heterocycles. The van der Waals surface area contributed by atoms with E-state index in [1.165, 1.54) is 33.7 Å². The summed E-state index contributed by atoms with van der Waals surface area (Å²) in [5.41, 5.74) is -0.418. The molecule has 0 saturated heterocycles. The van der Waals surface area contributed by atoms with Crippen molar-refractivity contribution in [1.29, 1.82) is 0 Å². The maximum atomic E-state index is 13.0. The molecular weight excluding hydrogens is 457 g/mol. The Morgan fingerprint density at radius 2 is 1.83 bits per heavy atom. The van der Waals surface area contributed by atoms with Crippen molar-refractivity contribution in [3.63, 3.8) is 0 Å². The van der Waals surface area contributed by atoms with E-state index in [1.807, 2.05) is 0 Å². The van der Waals surface area contributed by atoms with Gasteiger partial charge >= 0.3 is 11.8 Å². The molecule has 0 aliphatic carbocycles. The van der Waals surface area contributed by atoms with E-state index in [9.17, 15) is 28.7 Å². The zero-order valence-corrected chi connectivity index (χ0v) is 19.8. The maximum Gasteiger partial charge on any atom is 0.311 e. The Labute approximate surface area is 202 Å². The molecule has 0 spiro atoms. The van der Waals surface area contributed by atoms with E-state index in [4.69, 9.17) is 0 Å². The lowest BCUT2D eigenvalue weighted by Gasteiger charge is -2.19. The second-order valence-corrected chi connectivity index (χ2v) is 8.37. The largest absolute Gasteiger partial charge is 0.501 e. The summed E-state index contributed by atoms with van der Waals surface area (Å²) in [5.74, 6) is -2.73. The highest BCUT2D eigenvalue weighted by Crippen LogP contribution is 2.20. The van der Waals surface area contributed by atoms with Crippen LogP contribution in [-0.4, -0.2) is 56.9 Å². The van der Waals surface area contributed by atoms with Crippen molar-refractivity contribution in [3.05, 3.63) is 57.5 Å². The van der Waals surface area contributed by atoms with Gasteiger partial charge in [-0.3, -0.25) is 23.7 Å². The van der Waals surface area contributed by atoms with Gasteiger partial charge in [-0.05, 0) is 50.3 Å². The van der Waals surface area contributed by atoms with Gasteiger partial charge in [0.05, 0.1) is 0 Å². The van der Waals surface area contributed by atoms with Gasteiger partial charge in [-0.1, -0.05) is 12.1 Å². The second-order valence-electron chi connectivity index (χ2n) is 8.37. The minimum atomic E-state index is -0.734. The van der Waals surface area contributed by atoms with Crippen LogP contribution in [0.4, 0.5) is 4.39 Å². The predicted octanol–water partition coefficient (Wildman–Crippen LogP) is 0.955. The van der Waals surface area contributed by atoms with Gasteiger partial charge in [-0.25, -0.2) is 9.37 Å². The SMILES string of the molecule is CCN(CC)C(=O)C(=O)NCC1CCc2nc(C(=O)NCc3ccc(F)cc3)c(O)c(=O)n2CC1. The van der Waals surface area contributed by atoms with Crippen LogP contribution in [0.1, 0.15) is 48.6 Å². The number of carbonyl (C=O) groups excluding carboxylic acids is 3. The quantitative estimate of drug-likeness (QED) is 0.498. The van der Waals surface area contributed by atoms with E-state index in [0.29, 0.717) is 43.7 Å². The highest BCUT2D eigenvalue weighted by molar-refractivity contribution is 6.34. The zero-order chi connectivity index (χ0) is 25.5. The van der Waals surface area contributed by atoms with Crippen LogP contribution in [0.2, 0.25) is 0 Å². The summed E-state index contributed by atoms with van der Waals surface area (Å²) < 4.78 is 14.4. The first-order valence-corrected chi connectivity index (χ1v) is 11.7. The summed E-state index contributed by atoms with van der Waals surface area (Å²) in [7, 11) is 0. The average molecular weight is 488 g/mol. The lowest BCUT2D eigenvalue weighted by Crippen LogP contribution is -2.44. The molecule has 0 radical (unpaired) electrons. The van der Waals surface area contributed by atoms with Gasteiger partial charge in [-0.15, -0.1) is 0 Å². The molecule has 1 atom stereocenters. The first-order chi connectivity index (χ1) is 16.7. The number of nitrogens with one attached hydrogen (secondary N) is 2. The summed E-state index contributed by atoms with van der Waals surface area (Å²) in [5, 5.41) is 15.6. The third-order valence-electron chi connectivity index (χ3n) is 6.14. The van der Waals surface area contributed by atoms with Gasteiger partial charge < -0.3 is 20.6 Å². The van der Waals surface area contributed by atoms with Crippen molar-refractivity contribution in [2.24, 2.45) is 5.92 Å². The molecular formula is C24H30FN5O5. The molecule has 2 aromatic rings. The van der Waals surface area contributed by atoms with E-state index >= 15 is 0 Å². The lowest BCUT2D eigenvalue weighted by molar-refractivity contribution is -0.145. The number of aromatic nitrogens is 2. The lowest BCUT2D eigenvalue weighted by atomic mass is 10.0. The number of aryl methyl sites for hydroxylation is 1. The minimum Gasteiger partial charge on any atom is -0.501 e. The van der Waals surface area contributed by atoms with Crippen molar-refractivity contribution < 1.29 is 23.9 Å². The molecule has 10 nitrogen and oxygen atoms in total. The van der Waals surface area contributed by atoms with Crippen LogP contribution in [-0.2, 0) is 29.1 Å². The van der Waals surface area contributed by atoms with E-state index in [1.54, 1.807) is 13.8 Å². The Hall–Kier alpha value is -3.76. The summed E-state index contributed by atoms with van der Waals surface area (Å²) >= 11 is 0. The van der Waals surface area contributed by atoms with Crippen molar-refractivity contribution in [3.8, 4) is 5.75 Å². The predicted molar refractivity (Wildman–Crippen MR) is 125 cm³/mol. The summed E-state index contributed by atoms with van der Waals surface area (Å²) in [4.78, 5) is 55.4. The molecule has 1 aromatic heterocycles. The van der Waals surface area contributed by atoms with Gasteiger partial charge in [0, 0.05) is 39.1 Å². The number of likely N-dealkylation sites (N-methyl/N-ethyl adjacent to an activating group) is 1. The number of carbonyl (C=O) groups is 3. The minimum absolute atomic E-state index is 0.0116. The monoisotopic (exact) mass is 487 g/mol. The Bertz CT molecular complexity index is 1140. The number of benzene rings is 1. The number of fused-ring (bicyclic) bond motifs is 1. The van der Waals surface area contributed by atoms with Gasteiger partial charge in [0.2, 0.25) is 5.75 Å². The normalized spacial score (nSPS) is 15.0. The molecule has 1 unspecified atom stereocenters. The van der Waals surface area contributed by atoms with Crippen LogP contribution < -0.4 is 16.2 Å². The molecule has 188 valence electrons. The van der Waals surface area contributed by atoms with Gasteiger partial charge in [0.25, 0.3) is 11.5 Å². The average Bonchev–Trinajstić information content (AvgIpc) is 3.07. The van der Waals surface area contributed by atoms with E-state index < -0.39 is 34.8 Å². The fraction of sp³-hybridized carbons (Fsp3) is 0.458. The van der Waals surface area contributed by atoms with Crippen molar-refractivity contribution in [2.75, 3.05) is 19.6 Å². The molecule has 0 saturated carbocycles. The number of amides is 3. The molecule has 35 heavy (non-hydrogen) atoms. The molecule has 0 fully saturated rings. The Morgan fingerprint density at radius 3 is 2.49 bits per heavy atom. The first kappa shape index (κ1) is 25.9. The smallest absolute Gasteiger partial charge is 0.311 e. The highest BCUT2D eigenvalue weighted by Gasteiger charge is 2.26. The van der Waals surface area contributed by atoms with E-state index in [-0.39, 0.29) is 31.2 Å². The number of hydrogen-bond donors (Lipinski definition) is 3. The Balaban J connectivity index is 1.64. The molecule has 0 bridgehead atoms. The topological polar surface area (TPSA) is 134 Å². The zero-order valence-electron chi connectivity index (χ0n) is 19.8. The fourth-order valence-electron chi connectivity index (χ4n) is 4.00. The summed E-state index contributed by atoms with van der Waals surface area (Å²) in [6, 6.07) is 5.57. The fourth-order valence-corrected chi connectivity index (χ4v) is 4.00. The first-order valence-electron chi connectivity index (χ1n) is 11.7. The number of aromatic hydroxyl groups is 1. The number of hydrogen-bond acceptors (Lipinski definition) is 6. The summed E-state index contributed by atoms with van der Waals surface area (Å²) in [6.07, 6.45) is 1.47. The van der Waals surface area contributed by atoms with Gasteiger partial charge in [0.15, 0.2) is 5.69 Å². The van der Waals surface area contributed by atoms with Crippen LogP contribution in [0.3, 0.4) is 0 Å². The van der Waals surface area contributed by atoms with Crippen molar-refractivity contribution in [2.45, 2.75) is 46.2 Å². The number of halogens is 1. The summed E-state index contributed by atoms with van der Waals surface area (Å²) in [6.45, 7) is 5.09. The molecule has 3 N–H and O–H groups in total. The number of rotatable bonds is 7. The Morgan fingerprint density at radius 1 is 1.14 bits per heavy atom. The Kier molecular flexibility index (Phi) is 8.56. The standard InChI is InChI=1S/C24H30FN5O5/c1-3-29(4-2)24(35)22(33)27-14-16-7-10-18-28-19(20(31)23(34)30(18)12-11-16)21(32)26-13-15-5-8-17(25)9-6-15/h5-6,8-9,16,31H,3-4,7,10-14H2,1-2H3,(H,26,32)(H,27,33). The van der Waals surface area contributed by atoms with Gasteiger partial charge in [0.1, 0.15) is 11.6 Å². The van der Waals surface area contributed by atoms with Crippen molar-refractivity contribution >= 4 is 17.7 Å². The van der Waals surface area contributed by atoms with Crippen LogP contribution >= 0.6 is 0 Å².